The Bertz CT molecular complexity index is 378. The third-order valence-corrected chi connectivity index (χ3v) is 3.56. The van der Waals surface area contributed by atoms with Gasteiger partial charge in [0.15, 0.2) is 5.78 Å². The second-order valence-corrected chi connectivity index (χ2v) is 4.95. The molecule has 2 rings (SSSR count). The van der Waals surface area contributed by atoms with Gasteiger partial charge in [0.25, 0.3) is 0 Å². The maximum Gasteiger partial charge on any atom is 0.166 e. The second kappa shape index (κ2) is 4.69. The van der Waals surface area contributed by atoms with Gasteiger partial charge in [-0.1, -0.05) is 31.9 Å². The third kappa shape index (κ3) is 2.43. The van der Waals surface area contributed by atoms with E-state index in [0.717, 1.165) is 24.3 Å². The first-order valence-electron chi connectivity index (χ1n) is 6.06. The standard InChI is InChI=1S/C14H19NO/c1-10-5-7-11(8-6-10)14(16)12-3-2-4-13(15)9-12/h2-4,9-11H,5-8,15H2,1H3. The number of carbonyl (C=O) groups excluding carboxylic acids is 1. The third-order valence-electron chi connectivity index (χ3n) is 3.56. The van der Waals surface area contributed by atoms with E-state index < -0.39 is 0 Å². The van der Waals surface area contributed by atoms with Gasteiger partial charge < -0.3 is 5.73 Å². The van der Waals surface area contributed by atoms with Crippen LogP contribution in [-0.2, 0) is 0 Å². The number of benzene rings is 1. The van der Waals surface area contributed by atoms with Crippen LogP contribution >= 0.6 is 0 Å². The fourth-order valence-electron chi connectivity index (χ4n) is 2.45. The van der Waals surface area contributed by atoms with E-state index in [1.165, 1.54) is 12.8 Å². The first-order chi connectivity index (χ1) is 7.66. The Kier molecular flexibility index (Phi) is 3.28. The molecule has 1 aromatic carbocycles. The minimum absolute atomic E-state index is 0.220. The van der Waals surface area contributed by atoms with Crippen LogP contribution in [0.4, 0.5) is 5.69 Å². The molecular weight excluding hydrogens is 198 g/mol. The number of hydrogen-bond acceptors (Lipinski definition) is 2. The van der Waals surface area contributed by atoms with E-state index in [9.17, 15) is 4.79 Å². The summed E-state index contributed by atoms with van der Waals surface area (Å²) in [5, 5.41) is 0. The van der Waals surface area contributed by atoms with E-state index >= 15 is 0 Å². The lowest BCUT2D eigenvalue weighted by molar-refractivity contribution is 0.0876. The lowest BCUT2D eigenvalue weighted by Crippen LogP contribution is -2.21. The number of nitrogens with two attached hydrogens (primary N) is 1. The van der Waals surface area contributed by atoms with Crippen molar-refractivity contribution >= 4 is 11.5 Å². The number of hydrogen-bond donors (Lipinski definition) is 1. The molecular formula is C14H19NO. The van der Waals surface area contributed by atoms with Crippen LogP contribution in [0, 0.1) is 11.8 Å². The zero-order chi connectivity index (χ0) is 11.5. The molecule has 1 aromatic rings. The summed E-state index contributed by atoms with van der Waals surface area (Å²) in [4.78, 5) is 12.2. The summed E-state index contributed by atoms with van der Waals surface area (Å²) in [6, 6.07) is 7.34. The minimum atomic E-state index is 0.220. The molecule has 1 aliphatic rings. The van der Waals surface area contributed by atoms with Gasteiger partial charge in [-0.15, -0.1) is 0 Å². The smallest absolute Gasteiger partial charge is 0.166 e. The van der Waals surface area contributed by atoms with Crippen LogP contribution < -0.4 is 5.73 Å². The Balaban J connectivity index is 2.08. The van der Waals surface area contributed by atoms with Gasteiger partial charge in [0.05, 0.1) is 0 Å². The fraction of sp³-hybridized carbons (Fsp3) is 0.500. The van der Waals surface area contributed by atoms with Gasteiger partial charge >= 0.3 is 0 Å². The zero-order valence-corrected chi connectivity index (χ0v) is 9.78. The van der Waals surface area contributed by atoms with Crippen molar-refractivity contribution in [3.63, 3.8) is 0 Å². The van der Waals surface area contributed by atoms with Crippen LogP contribution in [0.2, 0.25) is 0 Å². The first kappa shape index (κ1) is 11.2. The quantitative estimate of drug-likeness (QED) is 0.610. The zero-order valence-electron chi connectivity index (χ0n) is 9.78. The summed E-state index contributed by atoms with van der Waals surface area (Å²) in [5.74, 6) is 1.28. The molecule has 0 aromatic heterocycles. The van der Waals surface area contributed by atoms with Crippen molar-refractivity contribution in [3.05, 3.63) is 29.8 Å². The van der Waals surface area contributed by atoms with E-state index in [2.05, 4.69) is 6.92 Å². The predicted molar refractivity (Wildman–Crippen MR) is 66.3 cm³/mol. The molecule has 0 saturated heterocycles. The molecule has 86 valence electrons. The van der Waals surface area contributed by atoms with Crippen LogP contribution in [-0.4, -0.2) is 5.78 Å². The SMILES string of the molecule is CC1CCC(C(=O)c2cccc(N)c2)CC1. The Morgan fingerprint density at radius 3 is 2.56 bits per heavy atom. The van der Waals surface area contributed by atoms with Crippen molar-refractivity contribution < 1.29 is 4.79 Å². The van der Waals surface area contributed by atoms with E-state index in [1.807, 2.05) is 18.2 Å². The highest BCUT2D eigenvalue weighted by Crippen LogP contribution is 2.30. The topological polar surface area (TPSA) is 43.1 Å². The average Bonchev–Trinajstić information content (AvgIpc) is 2.29. The molecule has 0 aliphatic heterocycles. The Morgan fingerprint density at radius 1 is 1.25 bits per heavy atom. The maximum absolute atomic E-state index is 12.2. The Labute approximate surface area is 96.8 Å². The molecule has 0 atom stereocenters. The highest BCUT2D eigenvalue weighted by Gasteiger charge is 2.24. The number of anilines is 1. The number of rotatable bonds is 2. The van der Waals surface area contributed by atoms with Crippen LogP contribution in [0.5, 0.6) is 0 Å². The number of nitrogen functional groups attached to an aromatic ring is 1. The monoisotopic (exact) mass is 217 g/mol. The molecule has 0 amide bonds. The fourth-order valence-corrected chi connectivity index (χ4v) is 2.45. The van der Waals surface area contributed by atoms with Gasteiger partial charge in [0.1, 0.15) is 0 Å². The first-order valence-corrected chi connectivity index (χ1v) is 6.06. The molecule has 0 heterocycles. The lowest BCUT2D eigenvalue weighted by atomic mass is 9.79. The Hall–Kier alpha value is -1.31. The molecule has 0 unspecified atom stereocenters. The highest BCUT2D eigenvalue weighted by atomic mass is 16.1. The van der Waals surface area contributed by atoms with Crippen molar-refractivity contribution in [2.24, 2.45) is 11.8 Å². The van der Waals surface area contributed by atoms with Gasteiger partial charge in [-0.25, -0.2) is 0 Å². The van der Waals surface area contributed by atoms with E-state index in [4.69, 9.17) is 5.73 Å². The van der Waals surface area contributed by atoms with Gasteiger partial charge in [-0.2, -0.15) is 0 Å². The van der Waals surface area contributed by atoms with Crippen molar-refractivity contribution in [2.75, 3.05) is 5.73 Å². The normalized spacial score (nSPS) is 25.3. The summed E-state index contributed by atoms with van der Waals surface area (Å²) >= 11 is 0. The second-order valence-electron chi connectivity index (χ2n) is 4.95. The van der Waals surface area contributed by atoms with Crippen molar-refractivity contribution in [1.29, 1.82) is 0 Å². The Morgan fingerprint density at radius 2 is 1.94 bits per heavy atom. The van der Waals surface area contributed by atoms with Gasteiger partial charge in [-0.3, -0.25) is 4.79 Å². The van der Waals surface area contributed by atoms with Gasteiger partial charge in [-0.05, 0) is 30.9 Å². The summed E-state index contributed by atoms with van der Waals surface area (Å²) in [5.41, 5.74) is 7.15. The molecule has 0 bridgehead atoms. The summed E-state index contributed by atoms with van der Waals surface area (Å²) in [7, 11) is 0. The number of Topliss-reactive ketones (excluding diaryl/α,β-unsaturated/α-hetero) is 1. The average molecular weight is 217 g/mol. The number of ketones is 1. The van der Waals surface area contributed by atoms with E-state index in [0.29, 0.717) is 5.69 Å². The summed E-state index contributed by atoms with van der Waals surface area (Å²) in [6.07, 6.45) is 4.43. The molecule has 0 radical (unpaired) electrons. The summed E-state index contributed by atoms with van der Waals surface area (Å²) < 4.78 is 0. The highest BCUT2D eigenvalue weighted by molar-refractivity contribution is 5.98. The molecule has 0 spiro atoms. The van der Waals surface area contributed by atoms with Crippen LogP contribution in [0.1, 0.15) is 43.0 Å². The van der Waals surface area contributed by atoms with Crippen molar-refractivity contribution in [1.82, 2.24) is 0 Å². The van der Waals surface area contributed by atoms with Crippen LogP contribution in [0.15, 0.2) is 24.3 Å². The largest absolute Gasteiger partial charge is 0.399 e. The molecule has 2 nitrogen and oxygen atoms in total. The number of carbonyl (C=O) groups is 1. The molecule has 1 aliphatic carbocycles. The van der Waals surface area contributed by atoms with Crippen LogP contribution in [0.25, 0.3) is 0 Å². The predicted octanol–water partition coefficient (Wildman–Crippen LogP) is 3.28. The van der Waals surface area contributed by atoms with Gasteiger partial charge in [0.2, 0.25) is 0 Å². The minimum Gasteiger partial charge on any atom is -0.399 e. The lowest BCUT2D eigenvalue weighted by Gasteiger charge is -2.25. The van der Waals surface area contributed by atoms with E-state index in [-0.39, 0.29) is 11.7 Å². The van der Waals surface area contributed by atoms with Crippen molar-refractivity contribution in [2.45, 2.75) is 32.6 Å². The molecule has 1 fully saturated rings. The summed E-state index contributed by atoms with van der Waals surface area (Å²) in [6.45, 7) is 2.27. The molecule has 2 N–H and O–H groups in total. The van der Waals surface area contributed by atoms with Crippen molar-refractivity contribution in [3.8, 4) is 0 Å². The van der Waals surface area contributed by atoms with Gasteiger partial charge in [0, 0.05) is 17.2 Å². The molecule has 16 heavy (non-hydrogen) atoms. The van der Waals surface area contributed by atoms with E-state index in [1.54, 1.807) is 6.07 Å². The maximum atomic E-state index is 12.2. The van der Waals surface area contributed by atoms with Crippen LogP contribution in [0.3, 0.4) is 0 Å². The molecule has 2 heteroatoms. The molecule has 1 saturated carbocycles.